The van der Waals surface area contributed by atoms with Gasteiger partial charge in [-0.3, -0.25) is 14.8 Å². The average molecular weight is 413 g/mol. The molecule has 0 radical (unpaired) electrons. The van der Waals surface area contributed by atoms with Gasteiger partial charge in [-0.1, -0.05) is 61.4 Å². The molecule has 2 aromatic carbocycles. The molecule has 0 spiro atoms. The lowest BCUT2D eigenvalue weighted by Gasteiger charge is -2.18. The highest BCUT2D eigenvalue weighted by Gasteiger charge is 2.21. The van der Waals surface area contributed by atoms with E-state index in [0.717, 1.165) is 5.56 Å². The summed E-state index contributed by atoms with van der Waals surface area (Å²) in [5.41, 5.74) is 3.07. The number of unbranched alkanes of at least 4 members (excludes halogenated alkanes) is 2. The van der Waals surface area contributed by atoms with Gasteiger partial charge in [0.2, 0.25) is 11.8 Å². The van der Waals surface area contributed by atoms with Crippen molar-refractivity contribution < 1.29 is 24.3 Å². The summed E-state index contributed by atoms with van der Waals surface area (Å²) in [6, 6.07) is 17.5. The average Bonchev–Trinajstić information content (AvgIpc) is 2.77. The summed E-state index contributed by atoms with van der Waals surface area (Å²) in [4.78, 5) is 35.9. The van der Waals surface area contributed by atoms with E-state index < -0.39 is 18.0 Å². The van der Waals surface area contributed by atoms with Crippen LogP contribution in [0.5, 0.6) is 0 Å². The molecule has 2 rings (SSSR count). The second-order valence-electron chi connectivity index (χ2n) is 6.75. The SMILES string of the molecule is O=C(CCCCC[C@H](NC(=O)OCc1ccccc1)C(=O)Nc1ccccc1)NO. The van der Waals surface area contributed by atoms with Crippen LogP contribution in [0.1, 0.15) is 37.7 Å². The summed E-state index contributed by atoms with van der Waals surface area (Å²) < 4.78 is 5.22. The van der Waals surface area contributed by atoms with E-state index in [9.17, 15) is 14.4 Å². The van der Waals surface area contributed by atoms with Crippen molar-refractivity contribution in [3.8, 4) is 0 Å². The van der Waals surface area contributed by atoms with Crippen molar-refractivity contribution in [3.05, 3.63) is 66.2 Å². The van der Waals surface area contributed by atoms with Crippen molar-refractivity contribution in [2.45, 2.75) is 44.8 Å². The first-order valence-corrected chi connectivity index (χ1v) is 9.84. The van der Waals surface area contributed by atoms with E-state index in [1.54, 1.807) is 29.7 Å². The molecule has 0 aliphatic rings. The molecule has 0 fully saturated rings. The van der Waals surface area contributed by atoms with Crippen molar-refractivity contribution in [2.24, 2.45) is 0 Å². The Morgan fingerprint density at radius 1 is 0.900 bits per heavy atom. The molecule has 30 heavy (non-hydrogen) atoms. The maximum Gasteiger partial charge on any atom is 0.408 e. The Kier molecular flexibility index (Phi) is 9.88. The Bertz CT molecular complexity index is 799. The standard InChI is InChI=1S/C22H27N3O5/c26-20(25-29)15-9-3-8-14-19(21(27)23-18-12-6-2-7-13-18)24-22(28)30-16-17-10-4-1-5-11-17/h1-2,4-7,10-13,19,29H,3,8-9,14-16H2,(H,23,27)(H,24,28)(H,25,26)/t19-/m0/s1. The molecule has 1 atom stereocenters. The number of amides is 3. The predicted octanol–water partition coefficient (Wildman–Crippen LogP) is 3.38. The van der Waals surface area contributed by atoms with Crippen LogP contribution in [-0.4, -0.2) is 29.2 Å². The summed E-state index contributed by atoms with van der Waals surface area (Å²) in [5, 5.41) is 13.9. The second kappa shape index (κ2) is 12.9. The van der Waals surface area contributed by atoms with Crippen molar-refractivity contribution in [3.63, 3.8) is 0 Å². The third-order valence-corrected chi connectivity index (χ3v) is 4.38. The first-order valence-electron chi connectivity index (χ1n) is 9.84. The van der Waals surface area contributed by atoms with Gasteiger partial charge in [-0.05, 0) is 30.5 Å². The van der Waals surface area contributed by atoms with Crippen LogP contribution in [0.25, 0.3) is 0 Å². The molecule has 0 unspecified atom stereocenters. The Morgan fingerprint density at radius 3 is 2.23 bits per heavy atom. The van der Waals surface area contributed by atoms with Gasteiger partial charge in [-0.15, -0.1) is 0 Å². The van der Waals surface area contributed by atoms with Crippen LogP contribution in [-0.2, 0) is 20.9 Å². The number of rotatable bonds is 11. The fraction of sp³-hybridized carbons (Fsp3) is 0.318. The van der Waals surface area contributed by atoms with Gasteiger partial charge >= 0.3 is 6.09 Å². The van der Waals surface area contributed by atoms with E-state index in [-0.39, 0.29) is 18.9 Å². The Morgan fingerprint density at radius 2 is 1.57 bits per heavy atom. The van der Waals surface area contributed by atoms with Crippen molar-refractivity contribution >= 4 is 23.6 Å². The lowest BCUT2D eigenvalue weighted by molar-refractivity contribution is -0.129. The number of carbonyl (C=O) groups is 3. The van der Waals surface area contributed by atoms with Crippen molar-refractivity contribution in [2.75, 3.05) is 5.32 Å². The molecule has 8 heteroatoms. The maximum atomic E-state index is 12.7. The number of hydrogen-bond donors (Lipinski definition) is 4. The number of nitrogens with one attached hydrogen (secondary N) is 3. The van der Waals surface area contributed by atoms with Gasteiger partial charge in [0.25, 0.3) is 0 Å². The molecule has 4 N–H and O–H groups in total. The number of para-hydroxylation sites is 1. The van der Waals surface area contributed by atoms with Crippen molar-refractivity contribution in [1.29, 1.82) is 0 Å². The maximum absolute atomic E-state index is 12.7. The number of carbonyl (C=O) groups excluding carboxylic acids is 3. The van der Waals surface area contributed by atoms with Crippen LogP contribution in [0.15, 0.2) is 60.7 Å². The predicted molar refractivity (Wildman–Crippen MR) is 112 cm³/mol. The van der Waals surface area contributed by atoms with Crippen LogP contribution in [0.2, 0.25) is 0 Å². The molecule has 0 saturated heterocycles. The van der Waals surface area contributed by atoms with Gasteiger partial charge in [-0.2, -0.15) is 0 Å². The van der Waals surface area contributed by atoms with Crippen LogP contribution in [0.4, 0.5) is 10.5 Å². The normalized spacial score (nSPS) is 11.2. The lowest BCUT2D eigenvalue weighted by Crippen LogP contribution is -2.44. The minimum Gasteiger partial charge on any atom is -0.445 e. The highest BCUT2D eigenvalue weighted by Crippen LogP contribution is 2.11. The molecule has 0 heterocycles. The summed E-state index contributed by atoms with van der Waals surface area (Å²) in [6.45, 7) is 0.107. The van der Waals surface area contributed by atoms with Crippen molar-refractivity contribution in [1.82, 2.24) is 10.8 Å². The highest BCUT2D eigenvalue weighted by molar-refractivity contribution is 5.96. The summed E-state index contributed by atoms with van der Waals surface area (Å²) in [5.74, 6) is -0.790. The summed E-state index contributed by atoms with van der Waals surface area (Å²) in [6.07, 6.45) is 1.77. The molecule has 160 valence electrons. The van der Waals surface area contributed by atoms with Crippen LogP contribution in [0, 0.1) is 0 Å². The third-order valence-electron chi connectivity index (χ3n) is 4.38. The molecule has 0 bridgehead atoms. The molecule has 8 nitrogen and oxygen atoms in total. The molecule has 0 aliphatic heterocycles. The van der Waals surface area contributed by atoms with Gasteiger partial charge in [0.1, 0.15) is 12.6 Å². The topological polar surface area (TPSA) is 117 Å². The largest absolute Gasteiger partial charge is 0.445 e. The van der Waals surface area contributed by atoms with Gasteiger partial charge < -0.3 is 15.4 Å². The van der Waals surface area contributed by atoms with E-state index in [0.29, 0.717) is 31.4 Å². The Labute approximate surface area is 175 Å². The van der Waals surface area contributed by atoms with Gasteiger partial charge in [0.05, 0.1) is 0 Å². The Balaban J connectivity index is 1.87. The smallest absolute Gasteiger partial charge is 0.408 e. The number of hydrogen-bond acceptors (Lipinski definition) is 5. The molecule has 0 saturated carbocycles. The molecule has 0 aromatic heterocycles. The van der Waals surface area contributed by atoms with E-state index in [4.69, 9.17) is 9.94 Å². The minimum absolute atomic E-state index is 0.107. The fourth-order valence-electron chi connectivity index (χ4n) is 2.79. The molecular weight excluding hydrogens is 386 g/mol. The van der Waals surface area contributed by atoms with Gasteiger partial charge in [0.15, 0.2) is 0 Å². The third kappa shape index (κ3) is 8.74. The lowest BCUT2D eigenvalue weighted by atomic mass is 10.1. The van der Waals surface area contributed by atoms with E-state index in [2.05, 4.69) is 10.6 Å². The molecule has 0 aliphatic carbocycles. The Hall–Kier alpha value is -3.39. The number of hydroxylamine groups is 1. The second-order valence-corrected chi connectivity index (χ2v) is 6.75. The monoisotopic (exact) mass is 413 g/mol. The van der Waals surface area contributed by atoms with E-state index in [1.807, 2.05) is 36.4 Å². The number of benzene rings is 2. The van der Waals surface area contributed by atoms with Crippen LogP contribution < -0.4 is 16.1 Å². The van der Waals surface area contributed by atoms with Gasteiger partial charge in [-0.25, -0.2) is 10.3 Å². The molecular formula is C22H27N3O5. The zero-order valence-corrected chi connectivity index (χ0v) is 16.7. The summed E-state index contributed by atoms with van der Waals surface area (Å²) in [7, 11) is 0. The highest BCUT2D eigenvalue weighted by atomic mass is 16.5. The van der Waals surface area contributed by atoms with Gasteiger partial charge in [0, 0.05) is 12.1 Å². The summed E-state index contributed by atoms with van der Waals surface area (Å²) >= 11 is 0. The number of anilines is 1. The molecule has 2 aromatic rings. The zero-order chi connectivity index (χ0) is 21.6. The van der Waals surface area contributed by atoms with Crippen LogP contribution in [0.3, 0.4) is 0 Å². The first-order chi connectivity index (χ1) is 14.6. The van der Waals surface area contributed by atoms with Crippen LogP contribution >= 0.6 is 0 Å². The van der Waals surface area contributed by atoms with E-state index >= 15 is 0 Å². The fourth-order valence-corrected chi connectivity index (χ4v) is 2.79. The van der Waals surface area contributed by atoms with E-state index in [1.165, 1.54) is 0 Å². The quantitative estimate of drug-likeness (QED) is 0.256. The molecule has 3 amide bonds. The first kappa shape index (κ1) is 22.9. The minimum atomic E-state index is -0.778. The zero-order valence-electron chi connectivity index (χ0n) is 16.7. The number of ether oxygens (including phenoxy) is 1. The number of alkyl carbamates (subject to hydrolysis) is 1.